The molecule has 1 aromatic carbocycles. The first kappa shape index (κ1) is 34.3. The van der Waals surface area contributed by atoms with E-state index in [-0.39, 0.29) is 31.4 Å². The lowest BCUT2D eigenvalue weighted by Gasteiger charge is -2.70. The fourth-order valence-electron chi connectivity index (χ4n) is 12.5. The lowest BCUT2D eigenvalue weighted by Crippen LogP contribution is -2.81. The summed E-state index contributed by atoms with van der Waals surface area (Å²) in [6.45, 7) is 5.28. The van der Waals surface area contributed by atoms with Crippen molar-refractivity contribution >= 4 is 11.9 Å². The first-order valence-electron chi connectivity index (χ1n) is 17.4. The molecule has 1 aliphatic heterocycles. The van der Waals surface area contributed by atoms with Gasteiger partial charge in [-0.2, -0.15) is 0 Å². The number of piperidine rings is 1. The van der Waals surface area contributed by atoms with E-state index in [9.17, 15) is 24.9 Å². The zero-order valence-corrected chi connectivity index (χ0v) is 28.7. The number of carbonyl (C=O) groups is 2. The van der Waals surface area contributed by atoms with Crippen LogP contribution in [0.25, 0.3) is 0 Å². The van der Waals surface area contributed by atoms with Gasteiger partial charge in [0.25, 0.3) is 0 Å². The number of esters is 2. The number of hydrogen-bond acceptors (Lipinski definition) is 12. The van der Waals surface area contributed by atoms with Crippen LogP contribution < -0.4 is 0 Å². The highest BCUT2D eigenvalue weighted by atomic mass is 16.6. The first-order valence-corrected chi connectivity index (χ1v) is 17.4. The lowest BCUT2D eigenvalue weighted by atomic mass is 9.42. The Morgan fingerprint density at radius 3 is 2.31 bits per heavy atom. The van der Waals surface area contributed by atoms with Crippen LogP contribution >= 0.6 is 0 Å². The highest BCUT2D eigenvalue weighted by molar-refractivity contribution is 5.89. The maximum Gasteiger partial charge on any atom is 0.338 e. The summed E-state index contributed by atoms with van der Waals surface area (Å²) in [6, 6.07) is 8.22. The molecule has 0 aromatic heterocycles. The number of nitrogens with zero attached hydrogens (tertiary/aromatic N) is 1. The average Bonchev–Trinajstić information content (AvgIpc) is 3.45. The highest BCUT2D eigenvalue weighted by Crippen LogP contribution is 2.80. The van der Waals surface area contributed by atoms with Crippen LogP contribution in [-0.2, 0) is 33.2 Å². The third-order valence-electron chi connectivity index (χ3n) is 13.6. The lowest BCUT2D eigenvalue weighted by molar-refractivity contribution is -0.323. The van der Waals surface area contributed by atoms with Crippen molar-refractivity contribution in [2.24, 2.45) is 34.5 Å². The van der Waals surface area contributed by atoms with Crippen molar-refractivity contribution in [2.75, 3.05) is 48.1 Å². The van der Waals surface area contributed by atoms with Crippen molar-refractivity contribution in [3.05, 3.63) is 35.9 Å². The van der Waals surface area contributed by atoms with Gasteiger partial charge in [-0.3, -0.25) is 9.69 Å². The third kappa shape index (κ3) is 4.00. The minimum atomic E-state index is -1.83. The number of rotatable bonds is 11. The molecule has 7 rings (SSSR count). The van der Waals surface area contributed by atoms with E-state index in [2.05, 4.69) is 11.8 Å². The number of ether oxygens (including phenoxy) is 6. The number of aliphatic hydroxyl groups is 3. The molecule has 12 heteroatoms. The Bertz CT molecular complexity index is 1400. The number of likely N-dealkylation sites (tertiary alicyclic amines) is 1. The Hall–Kier alpha value is -2.16. The van der Waals surface area contributed by atoms with E-state index in [1.807, 2.05) is 6.92 Å². The molecule has 7 bridgehead atoms. The van der Waals surface area contributed by atoms with Crippen LogP contribution in [0, 0.1) is 34.5 Å². The molecule has 1 heterocycles. The zero-order valence-electron chi connectivity index (χ0n) is 28.7. The van der Waals surface area contributed by atoms with E-state index in [0.717, 1.165) is 0 Å². The number of aliphatic hydroxyl groups excluding tert-OH is 2. The van der Waals surface area contributed by atoms with Gasteiger partial charge >= 0.3 is 11.9 Å². The molecule has 266 valence electrons. The molecule has 3 N–H and O–H groups in total. The van der Waals surface area contributed by atoms with Crippen LogP contribution in [0.5, 0.6) is 0 Å². The summed E-state index contributed by atoms with van der Waals surface area (Å²) in [7, 11) is 6.31. The van der Waals surface area contributed by atoms with Gasteiger partial charge in [-0.25, -0.2) is 4.79 Å². The van der Waals surface area contributed by atoms with Crippen LogP contribution in [-0.4, -0.2) is 134 Å². The van der Waals surface area contributed by atoms with Gasteiger partial charge in [-0.05, 0) is 37.4 Å². The average molecular weight is 674 g/mol. The monoisotopic (exact) mass is 673 g/mol. The van der Waals surface area contributed by atoms with Crippen molar-refractivity contribution in [2.45, 2.75) is 93.4 Å². The number of benzene rings is 1. The minimum absolute atomic E-state index is 0.0831. The Labute approximate surface area is 281 Å². The molecule has 1 unspecified atom stereocenters. The van der Waals surface area contributed by atoms with Crippen LogP contribution in [0.3, 0.4) is 0 Å². The third-order valence-corrected chi connectivity index (χ3v) is 13.6. The Morgan fingerprint density at radius 2 is 1.71 bits per heavy atom. The second-order valence-electron chi connectivity index (χ2n) is 15.1. The summed E-state index contributed by atoms with van der Waals surface area (Å²) >= 11 is 0. The normalized spacial score (nSPS) is 48.3. The maximum absolute atomic E-state index is 13.9. The smallest absolute Gasteiger partial charge is 0.338 e. The highest BCUT2D eigenvalue weighted by Gasteiger charge is 2.92. The minimum Gasteiger partial charge on any atom is -0.455 e. The maximum atomic E-state index is 13.9. The van der Waals surface area contributed by atoms with Gasteiger partial charge in [0.05, 0.1) is 30.5 Å². The van der Waals surface area contributed by atoms with E-state index in [1.54, 1.807) is 51.7 Å². The summed E-state index contributed by atoms with van der Waals surface area (Å²) < 4.78 is 37.9. The van der Waals surface area contributed by atoms with Gasteiger partial charge in [0.15, 0.2) is 5.60 Å². The molecule has 0 amide bonds. The predicted molar refractivity (Wildman–Crippen MR) is 170 cm³/mol. The topological polar surface area (TPSA) is 153 Å². The van der Waals surface area contributed by atoms with Crippen molar-refractivity contribution in [1.29, 1.82) is 0 Å². The number of hydrogen-bond donors (Lipinski definition) is 3. The second-order valence-corrected chi connectivity index (χ2v) is 15.1. The molecule has 12 nitrogen and oxygen atoms in total. The van der Waals surface area contributed by atoms with Crippen molar-refractivity contribution in [1.82, 2.24) is 4.90 Å². The quantitative estimate of drug-likeness (QED) is 0.291. The number of fused-ring (bicyclic) bond motifs is 2. The number of methoxy groups -OCH3 is 4. The molecule has 1 spiro atoms. The second kappa shape index (κ2) is 12.0. The molecule has 48 heavy (non-hydrogen) atoms. The SMILES string of the molecule is CCCC(=O)O[C@]12[C@H]3[C@@H](OC(=O)c4ccccc4)[C@](O)(C[C@H]3[C@@]34C5[C@@H]1[C@H](OC)[C@@H]3[C@](COC)(CN5CC)[C@H](O)C[C@@H]4OC)[C@@H](OC)[C@@H]2O. The Morgan fingerprint density at radius 1 is 0.979 bits per heavy atom. The van der Waals surface area contributed by atoms with E-state index in [4.69, 9.17) is 28.4 Å². The summed E-state index contributed by atoms with van der Waals surface area (Å²) in [5.74, 6) is -3.51. The van der Waals surface area contributed by atoms with Crippen LogP contribution in [0.2, 0.25) is 0 Å². The van der Waals surface area contributed by atoms with Gasteiger partial charge in [0.1, 0.15) is 23.9 Å². The summed E-state index contributed by atoms with van der Waals surface area (Å²) in [5.41, 5.74) is -4.79. The van der Waals surface area contributed by atoms with Crippen LogP contribution in [0.15, 0.2) is 30.3 Å². The number of carbonyl (C=O) groups excluding carboxylic acids is 2. The van der Waals surface area contributed by atoms with Crippen molar-refractivity contribution < 1.29 is 53.3 Å². The molecule has 5 aliphatic carbocycles. The fraction of sp³-hybridized carbons (Fsp3) is 0.778. The Kier molecular flexibility index (Phi) is 8.55. The molecule has 1 saturated heterocycles. The van der Waals surface area contributed by atoms with Crippen molar-refractivity contribution in [3.8, 4) is 0 Å². The molecular weight excluding hydrogens is 622 g/mol. The van der Waals surface area contributed by atoms with Gasteiger partial charge in [0.2, 0.25) is 0 Å². The molecule has 0 radical (unpaired) electrons. The standard InChI is InChI=1S/C36H51NO11/c1-7-12-23(39)48-36-24-20(16-34(42,31(46-6)29(36)40)30(24)47-32(41)19-13-10-9-11-14-19)35-22(44-4)15-21(38)33(18-43-3)17-37(8-2)28(35)25(36)26(45-5)27(33)35/h9-11,13-14,20-22,24-31,38,40,42H,7-8,12,15-18H2,1-6H3/t20-,21-,22+,24-,25+,26+,27-,28?,29+,30-,31+,33+,34-,35+,36-/m1/s1. The first-order chi connectivity index (χ1) is 23.0. The van der Waals surface area contributed by atoms with Crippen LogP contribution in [0.1, 0.15) is 49.9 Å². The summed E-state index contributed by atoms with van der Waals surface area (Å²) in [5, 5.41) is 37.6. The zero-order chi connectivity index (χ0) is 34.4. The molecule has 6 aliphatic rings. The molecule has 6 fully saturated rings. The predicted octanol–water partition coefficient (Wildman–Crippen LogP) is 1.43. The molecule has 5 saturated carbocycles. The van der Waals surface area contributed by atoms with Gasteiger partial charge < -0.3 is 43.7 Å². The van der Waals surface area contributed by atoms with Gasteiger partial charge in [-0.1, -0.05) is 32.0 Å². The summed E-state index contributed by atoms with van der Waals surface area (Å²) in [4.78, 5) is 30.0. The molecular formula is C36H51NO11. The van der Waals surface area contributed by atoms with Gasteiger partial charge in [-0.15, -0.1) is 0 Å². The largest absolute Gasteiger partial charge is 0.455 e. The van der Waals surface area contributed by atoms with Gasteiger partial charge in [0, 0.05) is 82.5 Å². The van der Waals surface area contributed by atoms with E-state index in [1.165, 1.54) is 7.11 Å². The summed E-state index contributed by atoms with van der Waals surface area (Å²) in [6.07, 6.45) is -4.85. The fourth-order valence-corrected chi connectivity index (χ4v) is 12.5. The van der Waals surface area contributed by atoms with E-state index < -0.39 is 88.3 Å². The van der Waals surface area contributed by atoms with E-state index in [0.29, 0.717) is 31.5 Å². The molecule has 1 aromatic rings. The van der Waals surface area contributed by atoms with Crippen LogP contribution in [0.4, 0.5) is 0 Å². The molecule has 15 atom stereocenters. The van der Waals surface area contributed by atoms with Crippen molar-refractivity contribution in [3.63, 3.8) is 0 Å². The van der Waals surface area contributed by atoms with E-state index >= 15 is 0 Å². The Balaban J connectivity index is 1.53.